The van der Waals surface area contributed by atoms with Gasteiger partial charge in [0.05, 0.1) is 16.4 Å². The molecule has 1 heteroatoms. The first-order chi connectivity index (χ1) is 35.0. The second-order valence-corrected chi connectivity index (χ2v) is 15.9. The van der Waals surface area contributed by atoms with E-state index < -0.39 is 29.6 Å². The summed E-state index contributed by atoms with van der Waals surface area (Å²) < 4.78 is 78.8. The Labute approximate surface area is 387 Å². The molecule has 0 heterocycles. The first-order valence-corrected chi connectivity index (χ1v) is 21.3. The number of hydrogen-bond donors (Lipinski definition) is 0. The lowest BCUT2D eigenvalue weighted by molar-refractivity contribution is 0.768. The molecule has 0 saturated carbocycles. The van der Waals surface area contributed by atoms with E-state index in [4.69, 9.17) is 0 Å². The molecule has 0 amide bonds. The fourth-order valence-electron chi connectivity index (χ4n) is 9.58. The molecule has 0 unspecified atom stereocenters. The van der Waals surface area contributed by atoms with E-state index in [1.165, 1.54) is 4.90 Å². The standard InChI is InChI=1S/C63H45N/c1-3-18-44(4-2)47-20-17-21-48(41-47)45-31-35-52(36-32-45)64(53-37-33-46(34-38-53)60-42-49-19-11-12-26-55(49)56-27-13-14-28-57(56)60)54-39-40-59-58-29-15-16-30-61(58)63(62(59)43-54,50-22-7-5-8-23-50)51-24-9-6-10-25-51/h3-43H,1-2H2/b44-18+/i31D,32D,33D,34D,35D,36D,37D,38D. The van der Waals surface area contributed by atoms with E-state index in [2.05, 4.69) is 49.6 Å². The van der Waals surface area contributed by atoms with Crippen LogP contribution in [0.3, 0.4) is 0 Å². The first kappa shape index (κ1) is 30.7. The van der Waals surface area contributed by atoms with E-state index >= 15 is 0 Å². The van der Waals surface area contributed by atoms with Crippen LogP contribution in [-0.2, 0) is 5.41 Å². The van der Waals surface area contributed by atoms with Crippen molar-refractivity contribution in [2.45, 2.75) is 5.41 Å². The molecule has 0 bridgehead atoms. The molecular weight excluding hydrogens is 771 g/mol. The summed E-state index contributed by atoms with van der Waals surface area (Å²) in [6, 6.07) is 56.1. The number of anilines is 3. The summed E-state index contributed by atoms with van der Waals surface area (Å²) in [6.45, 7) is 7.78. The third-order valence-electron chi connectivity index (χ3n) is 12.4. The quantitative estimate of drug-likeness (QED) is 0.0981. The second kappa shape index (κ2) is 16.2. The van der Waals surface area contributed by atoms with Gasteiger partial charge in [0.2, 0.25) is 0 Å². The number of hydrogen-bond acceptors (Lipinski definition) is 1. The van der Waals surface area contributed by atoms with Gasteiger partial charge in [-0.25, -0.2) is 0 Å². The van der Waals surface area contributed by atoms with E-state index in [1.54, 1.807) is 36.4 Å². The summed E-state index contributed by atoms with van der Waals surface area (Å²) in [5.74, 6) is 0. The Hall–Kier alpha value is -8.26. The maximum atomic E-state index is 10.0. The van der Waals surface area contributed by atoms with Crippen LogP contribution < -0.4 is 4.90 Å². The zero-order valence-corrected chi connectivity index (χ0v) is 34.9. The van der Waals surface area contributed by atoms with Gasteiger partial charge in [0.25, 0.3) is 0 Å². The molecule has 1 aliphatic rings. The molecule has 64 heavy (non-hydrogen) atoms. The molecule has 10 aromatic carbocycles. The van der Waals surface area contributed by atoms with Crippen LogP contribution >= 0.6 is 0 Å². The molecule has 0 aliphatic heterocycles. The van der Waals surface area contributed by atoms with Crippen LogP contribution in [0.2, 0.25) is 0 Å². The van der Waals surface area contributed by atoms with E-state index in [0.29, 0.717) is 16.8 Å². The zero-order valence-electron chi connectivity index (χ0n) is 42.9. The monoisotopic (exact) mass is 823 g/mol. The average Bonchev–Trinajstić information content (AvgIpc) is 3.72. The summed E-state index contributed by atoms with van der Waals surface area (Å²) in [4.78, 5) is 1.41. The Kier molecular flexibility index (Phi) is 7.78. The fraction of sp³-hybridized carbons (Fsp3) is 0.0159. The molecule has 0 spiro atoms. The largest absolute Gasteiger partial charge is 0.310 e. The molecule has 302 valence electrons. The highest BCUT2D eigenvalue weighted by atomic mass is 15.1. The van der Waals surface area contributed by atoms with Gasteiger partial charge in [-0.1, -0.05) is 213 Å². The maximum absolute atomic E-state index is 10.0. The van der Waals surface area contributed by atoms with Crippen LogP contribution in [0.4, 0.5) is 17.1 Å². The minimum atomic E-state index is -0.889. The van der Waals surface area contributed by atoms with Gasteiger partial charge in [-0.3, -0.25) is 0 Å². The number of benzene rings is 10. The third kappa shape index (κ3) is 6.41. The first-order valence-electron chi connectivity index (χ1n) is 25.3. The lowest BCUT2D eigenvalue weighted by Crippen LogP contribution is -2.28. The van der Waals surface area contributed by atoms with Crippen LogP contribution in [0.15, 0.2) is 262 Å². The van der Waals surface area contributed by atoms with Gasteiger partial charge in [-0.05, 0) is 137 Å². The SMILES string of the molecule is [2H]c1c([2H])c(N(c2ccc3c(c2)C(c2ccccc2)(c2ccccc2)c2ccccc2-3)c2c([2H])c([2H])c(-c3cc4ccccc4c4ccccc34)c([2H])c2[2H])c([2H])c([2H])c1-c1cccc(/C(C=C)=C/C=C)c1. The van der Waals surface area contributed by atoms with Gasteiger partial charge in [-0.15, -0.1) is 0 Å². The van der Waals surface area contributed by atoms with Crippen molar-refractivity contribution in [2.24, 2.45) is 0 Å². The molecule has 11 rings (SSSR count). The lowest BCUT2D eigenvalue weighted by Gasteiger charge is -2.35. The Balaban J connectivity index is 1.22. The van der Waals surface area contributed by atoms with Crippen molar-refractivity contribution in [2.75, 3.05) is 4.90 Å². The molecule has 0 saturated heterocycles. The van der Waals surface area contributed by atoms with E-state index in [0.717, 1.165) is 66.1 Å². The van der Waals surface area contributed by atoms with E-state index in [9.17, 15) is 11.0 Å². The summed E-state index contributed by atoms with van der Waals surface area (Å²) in [5.41, 5.74) is 7.43. The van der Waals surface area contributed by atoms with Crippen molar-refractivity contribution in [3.8, 4) is 33.4 Å². The van der Waals surface area contributed by atoms with Gasteiger partial charge >= 0.3 is 0 Å². The molecule has 1 nitrogen and oxygen atoms in total. The minimum absolute atomic E-state index is 0.0622. The summed E-state index contributed by atoms with van der Waals surface area (Å²) in [7, 11) is 0. The Morgan fingerprint density at radius 1 is 0.438 bits per heavy atom. The van der Waals surface area contributed by atoms with Crippen molar-refractivity contribution in [3.63, 3.8) is 0 Å². The van der Waals surface area contributed by atoms with Crippen molar-refractivity contribution in [3.05, 3.63) is 290 Å². The van der Waals surface area contributed by atoms with Gasteiger partial charge in [0.15, 0.2) is 0 Å². The van der Waals surface area contributed by atoms with Crippen LogP contribution in [0, 0.1) is 0 Å². The highest BCUT2D eigenvalue weighted by molar-refractivity contribution is 6.13. The predicted octanol–water partition coefficient (Wildman–Crippen LogP) is 16.9. The van der Waals surface area contributed by atoms with Gasteiger partial charge in [0, 0.05) is 17.1 Å². The van der Waals surface area contributed by atoms with E-state index in [1.807, 2.05) is 127 Å². The smallest absolute Gasteiger partial charge is 0.0714 e. The van der Waals surface area contributed by atoms with Crippen molar-refractivity contribution >= 4 is 44.2 Å². The molecular formula is C63H45N. The number of allylic oxidation sites excluding steroid dienone is 4. The van der Waals surface area contributed by atoms with Crippen LogP contribution in [0.5, 0.6) is 0 Å². The molecule has 1 aliphatic carbocycles. The van der Waals surface area contributed by atoms with Crippen molar-refractivity contribution < 1.29 is 11.0 Å². The molecule has 0 N–H and O–H groups in total. The Morgan fingerprint density at radius 2 is 1.03 bits per heavy atom. The predicted molar refractivity (Wildman–Crippen MR) is 273 cm³/mol. The molecule has 0 fully saturated rings. The van der Waals surface area contributed by atoms with E-state index in [-0.39, 0.29) is 46.7 Å². The minimum Gasteiger partial charge on any atom is -0.310 e. The molecule has 0 atom stereocenters. The topological polar surface area (TPSA) is 3.24 Å². The Bertz CT molecular complexity index is 3800. The molecule has 0 radical (unpaired) electrons. The summed E-state index contributed by atoms with van der Waals surface area (Å²) in [6.07, 6.45) is 5.13. The highest BCUT2D eigenvalue weighted by Gasteiger charge is 2.46. The second-order valence-electron chi connectivity index (χ2n) is 15.9. The average molecular weight is 824 g/mol. The van der Waals surface area contributed by atoms with Crippen LogP contribution in [-0.4, -0.2) is 0 Å². The number of rotatable bonds is 10. The highest BCUT2D eigenvalue weighted by Crippen LogP contribution is 2.57. The third-order valence-corrected chi connectivity index (χ3v) is 12.4. The zero-order chi connectivity index (χ0) is 50.0. The number of nitrogens with zero attached hydrogens (tertiary/aromatic N) is 1. The lowest BCUT2D eigenvalue weighted by atomic mass is 9.67. The van der Waals surface area contributed by atoms with Crippen molar-refractivity contribution in [1.29, 1.82) is 0 Å². The Morgan fingerprint density at radius 3 is 1.72 bits per heavy atom. The summed E-state index contributed by atoms with van der Waals surface area (Å²) >= 11 is 0. The van der Waals surface area contributed by atoms with Crippen LogP contribution in [0.25, 0.3) is 60.5 Å². The van der Waals surface area contributed by atoms with Crippen LogP contribution in [0.1, 0.15) is 38.8 Å². The molecule has 0 aromatic heterocycles. The van der Waals surface area contributed by atoms with Crippen molar-refractivity contribution in [1.82, 2.24) is 0 Å². The number of fused-ring (bicyclic) bond motifs is 6. The van der Waals surface area contributed by atoms with Gasteiger partial charge in [0.1, 0.15) is 0 Å². The van der Waals surface area contributed by atoms with Gasteiger partial charge in [-0.2, -0.15) is 0 Å². The molecule has 10 aromatic rings. The summed E-state index contributed by atoms with van der Waals surface area (Å²) in [5, 5.41) is 3.53. The maximum Gasteiger partial charge on any atom is 0.0714 e. The fourth-order valence-corrected chi connectivity index (χ4v) is 9.58. The normalized spacial score (nSPS) is 14.5. The van der Waals surface area contributed by atoms with Gasteiger partial charge < -0.3 is 4.90 Å².